The number of hydrogen-bond donors (Lipinski definition) is 2. The van der Waals surface area contributed by atoms with Crippen LogP contribution in [-0.4, -0.2) is 41.1 Å². The Hall–Kier alpha value is -1.26. The maximum atomic E-state index is 11.5. The molecular weight excluding hydrogens is 196 g/mol. The van der Waals surface area contributed by atoms with Crippen LogP contribution in [0.4, 0.5) is 4.79 Å². The van der Waals surface area contributed by atoms with E-state index in [1.54, 1.807) is 4.90 Å². The van der Waals surface area contributed by atoms with Gasteiger partial charge in [-0.25, -0.2) is 4.79 Å². The van der Waals surface area contributed by atoms with E-state index in [2.05, 4.69) is 5.32 Å². The molecule has 2 N–H and O–H groups in total. The van der Waals surface area contributed by atoms with Crippen molar-refractivity contribution in [3.63, 3.8) is 0 Å². The topological polar surface area (TPSA) is 69.6 Å². The normalized spacial score (nSPS) is 18.9. The highest BCUT2D eigenvalue weighted by molar-refractivity contribution is 5.77. The standard InChI is InChI=1S/C10H18N2O3/c1-10(2,3)7(6-8(13)14)12-5-4-11-9(12)15/h7H,4-6H2,1-3H3,(H,11,15)(H,13,14). The van der Waals surface area contributed by atoms with Gasteiger partial charge in [0.2, 0.25) is 0 Å². The zero-order chi connectivity index (χ0) is 11.6. The molecule has 1 rings (SSSR count). The number of hydrogen-bond acceptors (Lipinski definition) is 2. The summed E-state index contributed by atoms with van der Waals surface area (Å²) in [5.74, 6) is -0.866. The smallest absolute Gasteiger partial charge is 0.317 e. The van der Waals surface area contributed by atoms with Gasteiger partial charge >= 0.3 is 12.0 Å². The second-order valence-electron chi connectivity index (χ2n) is 4.91. The molecule has 2 amide bonds. The molecule has 5 nitrogen and oxygen atoms in total. The molecule has 1 unspecified atom stereocenters. The zero-order valence-corrected chi connectivity index (χ0v) is 9.41. The van der Waals surface area contributed by atoms with Crippen molar-refractivity contribution in [1.29, 1.82) is 0 Å². The van der Waals surface area contributed by atoms with Crippen molar-refractivity contribution in [3.05, 3.63) is 0 Å². The van der Waals surface area contributed by atoms with Crippen LogP contribution in [0.2, 0.25) is 0 Å². The lowest BCUT2D eigenvalue weighted by molar-refractivity contribution is -0.139. The SMILES string of the molecule is CC(C)(C)C(CC(=O)O)N1CCNC1=O. The van der Waals surface area contributed by atoms with Crippen LogP contribution >= 0.6 is 0 Å². The molecule has 0 aromatic heterocycles. The Balaban J connectivity index is 2.80. The average Bonchev–Trinajstić information content (AvgIpc) is 2.45. The molecule has 0 aliphatic carbocycles. The molecule has 0 spiro atoms. The molecule has 0 aromatic rings. The molecule has 1 fully saturated rings. The first-order chi connectivity index (χ1) is 6.82. The van der Waals surface area contributed by atoms with Crippen molar-refractivity contribution >= 4 is 12.0 Å². The first-order valence-corrected chi connectivity index (χ1v) is 5.08. The van der Waals surface area contributed by atoms with Crippen LogP contribution in [0.25, 0.3) is 0 Å². The van der Waals surface area contributed by atoms with Crippen molar-refractivity contribution in [2.75, 3.05) is 13.1 Å². The van der Waals surface area contributed by atoms with Crippen LogP contribution in [0.3, 0.4) is 0 Å². The van der Waals surface area contributed by atoms with Crippen LogP contribution in [-0.2, 0) is 4.79 Å². The first-order valence-electron chi connectivity index (χ1n) is 5.08. The molecule has 1 aliphatic heterocycles. The van der Waals surface area contributed by atoms with Gasteiger partial charge in [0.15, 0.2) is 0 Å². The van der Waals surface area contributed by atoms with Gasteiger partial charge < -0.3 is 15.3 Å². The fourth-order valence-corrected chi connectivity index (χ4v) is 1.83. The van der Waals surface area contributed by atoms with E-state index in [4.69, 9.17) is 5.11 Å². The summed E-state index contributed by atoms with van der Waals surface area (Å²) in [4.78, 5) is 23.8. The van der Waals surface area contributed by atoms with Gasteiger partial charge in [-0.15, -0.1) is 0 Å². The molecule has 1 atom stereocenters. The molecule has 0 bridgehead atoms. The molecule has 86 valence electrons. The number of rotatable bonds is 3. The Bertz CT molecular complexity index is 270. The number of amides is 2. The van der Waals surface area contributed by atoms with E-state index in [-0.39, 0.29) is 23.9 Å². The minimum absolute atomic E-state index is 0.00306. The van der Waals surface area contributed by atoms with Crippen LogP contribution in [0.1, 0.15) is 27.2 Å². The van der Waals surface area contributed by atoms with E-state index in [0.717, 1.165) is 0 Å². The second-order valence-corrected chi connectivity index (χ2v) is 4.91. The number of carboxylic acid groups (broad SMARTS) is 1. The molecule has 1 aliphatic rings. The number of carbonyl (C=O) groups excluding carboxylic acids is 1. The van der Waals surface area contributed by atoms with Gasteiger partial charge in [-0.2, -0.15) is 0 Å². The van der Waals surface area contributed by atoms with E-state index in [1.165, 1.54) is 0 Å². The third-order valence-electron chi connectivity index (χ3n) is 2.63. The number of nitrogens with one attached hydrogen (secondary N) is 1. The number of carboxylic acids is 1. The second kappa shape index (κ2) is 4.08. The Morgan fingerprint density at radius 1 is 1.60 bits per heavy atom. The molecule has 0 radical (unpaired) electrons. The summed E-state index contributed by atoms with van der Waals surface area (Å²) in [5, 5.41) is 11.5. The highest BCUT2D eigenvalue weighted by atomic mass is 16.4. The fraction of sp³-hybridized carbons (Fsp3) is 0.800. The van der Waals surface area contributed by atoms with Gasteiger partial charge in [0.05, 0.1) is 6.42 Å². The third kappa shape index (κ3) is 2.84. The van der Waals surface area contributed by atoms with E-state index in [9.17, 15) is 9.59 Å². The van der Waals surface area contributed by atoms with Crippen molar-refractivity contribution < 1.29 is 14.7 Å². The minimum atomic E-state index is -0.866. The minimum Gasteiger partial charge on any atom is -0.481 e. The summed E-state index contributed by atoms with van der Waals surface area (Å²) < 4.78 is 0. The molecule has 15 heavy (non-hydrogen) atoms. The monoisotopic (exact) mass is 214 g/mol. The number of aliphatic carboxylic acids is 1. The lowest BCUT2D eigenvalue weighted by Gasteiger charge is -2.36. The van der Waals surface area contributed by atoms with Gasteiger partial charge in [-0.3, -0.25) is 4.79 Å². The van der Waals surface area contributed by atoms with E-state index < -0.39 is 5.97 Å². The predicted molar refractivity (Wildman–Crippen MR) is 55.6 cm³/mol. The largest absolute Gasteiger partial charge is 0.481 e. The van der Waals surface area contributed by atoms with Crippen LogP contribution in [0.5, 0.6) is 0 Å². The maximum absolute atomic E-state index is 11.5. The van der Waals surface area contributed by atoms with Crippen molar-refractivity contribution in [1.82, 2.24) is 10.2 Å². The lowest BCUT2D eigenvalue weighted by Crippen LogP contribution is -2.46. The van der Waals surface area contributed by atoms with E-state index in [1.807, 2.05) is 20.8 Å². The quantitative estimate of drug-likeness (QED) is 0.733. The molecular formula is C10H18N2O3. The van der Waals surface area contributed by atoms with Crippen LogP contribution in [0.15, 0.2) is 0 Å². The van der Waals surface area contributed by atoms with Crippen molar-refractivity contribution in [3.8, 4) is 0 Å². The van der Waals surface area contributed by atoms with Crippen molar-refractivity contribution in [2.45, 2.75) is 33.2 Å². The highest BCUT2D eigenvalue weighted by Gasteiger charge is 2.36. The Morgan fingerprint density at radius 3 is 2.53 bits per heavy atom. The lowest BCUT2D eigenvalue weighted by atomic mass is 9.84. The number of carbonyl (C=O) groups is 2. The molecule has 1 saturated heterocycles. The zero-order valence-electron chi connectivity index (χ0n) is 9.41. The Kier molecular flexibility index (Phi) is 3.21. The summed E-state index contributed by atoms with van der Waals surface area (Å²) in [7, 11) is 0. The summed E-state index contributed by atoms with van der Waals surface area (Å²) in [6.45, 7) is 7.05. The average molecular weight is 214 g/mol. The Morgan fingerprint density at radius 2 is 2.20 bits per heavy atom. The maximum Gasteiger partial charge on any atom is 0.317 e. The third-order valence-corrected chi connectivity index (χ3v) is 2.63. The summed E-state index contributed by atoms with van der Waals surface area (Å²) in [5.41, 5.74) is -0.222. The van der Waals surface area contributed by atoms with Gasteiger partial charge in [0.1, 0.15) is 0 Å². The summed E-state index contributed by atoms with van der Waals surface area (Å²) in [6, 6.07) is -0.409. The molecule has 5 heteroatoms. The van der Waals surface area contributed by atoms with Gasteiger partial charge in [0, 0.05) is 19.1 Å². The van der Waals surface area contributed by atoms with Crippen LogP contribution < -0.4 is 5.32 Å². The molecule has 0 saturated carbocycles. The van der Waals surface area contributed by atoms with Gasteiger partial charge in [-0.05, 0) is 5.41 Å². The molecule has 0 aromatic carbocycles. The predicted octanol–water partition coefficient (Wildman–Crippen LogP) is 0.901. The van der Waals surface area contributed by atoms with Crippen LogP contribution in [0, 0.1) is 5.41 Å². The summed E-state index contributed by atoms with van der Waals surface area (Å²) in [6.07, 6.45) is -0.00306. The van der Waals surface area contributed by atoms with Gasteiger partial charge in [-0.1, -0.05) is 20.8 Å². The van der Waals surface area contributed by atoms with E-state index in [0.29, 0.717) is 13.1 Å². The highest BCUT2D eigenvalue weighted by Crippen LogP contribution is 2.28. The summed E-state index contributed by atoms with van der Waals surface area (Å²) >= 11 is 0. The number of nitrogens with zero attached hydrogens (tertiary/aromatic N) is 1. The number of urea groups is 1. The molecule has 1 heterocycles. The van der Waals surface area contributed by atoms with E-state index >= 15 is 0 Å². The Labute approximate surface area is 89.4 Å². The van der Waals surface area contributed by atoms with Crippen molar-refractivity contribution in [2.24, 2.45) is 5.41 Å². The van der Waals surface area contributed by atoms with Gasteiger partial charge in [0.25, 0.3) is 0 Å². The first kappa shape index (κ1) is 11.8. The fourth-order valence-electron chi connectivity index (χ4n) is 1.83.